The van der Waals surface area contributed by atoms with Gasteiger partial charge >= 0.3 is 0 Å². The number of hydrogen-bond acceptors (Lipinski definition) is 3. The molecule has 37 heavy (non-hydrogen) atoms. The minimum atomic E-state index is -0.359. The molecule has 1 atom stereocenters. The number of H-pyrrole nitrogens is 1. The molecule has 4 nitrogen and oxygen atoms in total. The van der Waals surface area contributed by atoms with E-state index in [1.54, 1.807) is 6.07 Å². The molecule has 2 heterocycles. The van der Waals surface area contributed by atoms with Gasteiger partial charge in [-0.25, -0.2) is 4.39 Å². The largest absolute Gasteiger partial charge is 0.489 e. The lowest BCUT2D eigenvalue weighted by molar-refractivity contribution is 0.198. The summed E-state index contributed by atoms with van der Waals surface area (Å²) < 4.78 is 32.6. The zero-order valence-electron chi connectivity index (χ0n) is 20.8. The molecule has 3 aromatic carbocycles. The number of nitrogens with one attached hydrogen (secondary N) is 1. The van der Waals surface area contributed by atoms with Crippen LogP contribution in [0.1, 0.15) is 42.9 Å². The van der Waals surface area contributed by atoms with Crippen LogP contribution in [0.4, 0.5) is 8.78 Å². The van der Waals surface area contributed by atoms with Crippen molar-refractivity contribution in [3.8, 4) is 5.75 Å². The van der Waals surface area contributed by atoms with Gasteiger partial charge in [-0.05, 0) is 83.5 Å². The number of aromatic amines is 1. The maximum absolute atomic E-state index is 13.9. The number of alkyl halides is 1. The molecule has 0 aliphatic carbocycles. The van der Waals surface area contributed by atoms with Gasteiger partial charge in [0.05, 0.1) is 23.4 Å². The average molecular weight is 522 g/mol. The van der Waals surface area contributed by atoms with Gasteiger partial charge in [0.25, 0.3) is 0 Å². The molecular formula is C30H30ClF2N3O. The highest BCUT2D eigenvalue weighted by atomic mass is 35.5. The molecular weight excluding hydrogens is 492 g/mol. The number of nitrogens with zero attached hydrogens (tertiary/aromatic N) is 2. The van der Waals surface area contributed by atoms with E-state index in [0.717, 1.165) is 70.5 Å². The number of halogens is 3. The van der Waals surface area contributed by atoms with Gasteiger partial charge in [0.1, 0.15) is 17.7 Å². The van der Waals surface area contributed by atoms with E-state index in [1.165, 1.54) is 12.1 Å². The third-order valence-electron chi connectivity index (χ3n) is 6.92. The maximum Gasteiger partial charge on any atom is 0.124 e. The molecule has 1 N–H and O–H groups in total. The Morgan fingerprint density at radius 3 is 2.68 bits per heavy atom. The molecule has 0 spiro atoms. The van der Waals surface area contributed by atoms with E-state index in [4.69, 9.17) is 16.3 Å². The van der Waals surface area contributed by atoms with Crippen molar-refractivity contribution in [3.05, 3.63) is 94.4 Å². The molecule has 1 aliphatic heterocycles. The van der Waals surface area contributed by atoms with Crippen molar-refractivity contribution in [1.82, 2.24) is 15.1 Å². The van der Waals surface area contributed by atoms with Crippen molar-refractivity contribution in [2.75, 3.05) is 26.3 Å². The highest BCUT2D eigenvalue weighted by Crippen LogP contribution is 2.38. The van der Waals surface area contributed by atoms with Crippen LogP contribution in [0.3, 0.4) is 0 Å². The molecule has 1 aliphatic rings. The Bertz CT molecular complexity index is 1400. The predicted octanol–water partition coefficient (Wildman–Crippen LogP) is 7.54. The molecule has 0 amide bonds. The summed E-state index contributed by atoms with van der Waals surface area (Å²) in [6.07, 6.45) is 4.13. The third kappa shape index (κ3) is 5.71. The molecule has 7 heteroatoms. The predicted molar refractivity (Wildman–Crippen MR) is 146 cm³/mol. The lowest BCUT2D eigenvalue weighted by atomic mass is 9.87. The second-order valence-electron chi connectivity index (χ2n) is 9.40. The normalized spacial score (nSPS) is 16.8. The topological polar surface area (TPSA) is 41.1 Å². The summed E-state index contributed by atoms with van der Waals surface area (Å²) in [6, 6.07) is 18.9. The Balaban J connectivity index is 1.50. The molecule has 0 unspecified atom stereocenters. The van der Waals surface area contributed by atoms with Crippen molar-refractivity contribution >= 4 is 33.7 Å². The first-order chi connectivity index (χ1) is 18.1. The molecule has 1 aromatic heterocycles. The van der Waals surface area contributed by atoms with Crippen LogP contribution in [0.25, 0.3) is 22.0 Å². The van der Waals surface area contributed by atoms with Crippen molar-refractivity contribution in [3.63, 3.8) is 0 Å². The first-order valence-corrected chi connectivity index (χ1v) is 13.1. The van der Waals surface area contributed by atoms with E-state index in [1.807, 2.05) is 24.4 Å². The second kappa shape index (κ2) is 11.4. The van der Waals surface area contributed by atoms with Gasteiger partial charge in [-0.1, -0.05) is 42.8 Å². The van der Waals surface area contributed by atoms with E-state index >= 15 is 0 Å². The fraction of sp³-hybridized carbons (Fsp3) is 0.300. The Morgan fingerprint density at radius 1 is 1.11 bits per heavy atom. The zero-order chi connectivity index (χ0) is 25.8. The number of aromatic nitrogens is 2. The highest BCUT2D eigenvalue weighted by Gasteiger charge is 2.24. The smallest absolute Gasteiger partial charge is 0.124 e. The van der Waals surface area contributed by atoms with Crippen LogP contribution in [0.15, 0.2) is 66.9 Å². The number of hydrogen-bond donors (Lipinski definition) is 1. The fourth-order valence-electron chi connectivity index (χ4n) is 5.12. The summed E-state index contributed by atoms with van der Waals surface area (Å²) in [6.45, 7) is 4.33. The molecule has 0 bridgehead atoms. The van der Waals surface area contributed by atoms with E-state index in [-0.39, 0.29) is 18.6 Å². The first kappa shape index (κ1) is 25.4. The summed E-state index contributed by atoms with van der Waals surface area (Å²) in [5, 5.41) is 8.56. The fourth-order valence-corrected chi connectivity index (χ4v) is 5.40. The number of ether oxygens (including phenoxy) is 1. The van der Waals surface area contributed by atoms with Crippen molar-refractivity contribution in [2.45, 2.75) is 32.3 Å². The summed E-state index contributed by atoms with van der Waals surface area (Å²) >= 11 is 6.53. The van der Waals surface area contributed by atoms with E-state index in [2.05, 4.69) is 46.3 Å². The minimum absolute atomic E-state index is 0.105. The van der Waals surface area contributed by atoms with Crippen LogP contribution < -0.4 is 4.74 Å². The average Bonchev–Trinajstić information content (AvgIpc) is 3.56. The Kier molecular flexibility index (Phi) is 7.87. The van der Waals surface area contributed by atoms with Gasteiger partial charge < -0.3 is 4.74 Å². The van der Waals surface area contributed by atoms with Crippen LogP contribution in [-0.4, -0.2) is 47.5 Å². The van der Waals surface area contributed by atoms with E-state index < -0.39 is 0 Å². The quantitative estimate of drug-likeness (QED) is 0.231. The number of allylic oxidation sites excluding steroid dienone is 1. The summed E-state index contributed by atoms with van der Waals surface area (Å²) in [4.78, 5) is 2.26. The standard InChI is InChI=1S/C30H30ClF2N3O/c1-2-26(27-10-7-23(33)17-28(27)31)30(21-6-11-29-22(16-21)18-34-35-29)20-4-8-24(9-5-20)37-25-12-15-36(19-25)14-3-13-32/h4-11,16-18,25H,2-3,12-15,19H2,1H3,(H,34,35)/b30-26+/t25-/m0/s1. The van der Waals surface area contributed by atoms with E-state index in [9.17, 15) is 8.78 Å². The van der Waals surface area contributed by atoms with Crippen molar-refractivity contribution in [1.29, 1.82) is 0 Å². The van der Waals surface area contributed by atoms with Crippen molar-refractivity contribution < 1.29 is 13.5 Å². The summed E-state index contributed by atoms with van der Waals surface area (Å²) in [5.74, 6) is 0.450. The molecule has 1 fully saturated rings. The van der Waals surface area contributed by atoms with Gasteiger partial charge in [0.15, 0.2) is 0 Å². The second-order valence-corrected chi connectivity index (χ2v) is 9.81. The Hall–Kier alpha value is -3.22. The highest BCUT2D eigenvalue weighted by molar-refractivity contribution is 6.32. The number of benzene rings is 3. The van der Waals surface area contributed by atoms with E-state index in [0.29, 0.717) is 17.9 Å². The monoisotopic (exact) mass is 521 g/mol. The maximum atomic E-state index is 13.9. The summed E-state index contributed by atoms with van der Waals surface area (Å²) in [5.41, 5.74) is 5.88. The molecule has 5 rings (SSSR count). The third-order valence-corrected chi connectivity index (χ3v) is 7.24. The number of rotatable bonds is 9. The van der Waals surface area contributed by atoms with Crippen LogP contribution in [0.2, 0.25) is 5.02 Å². The lowest BCUT2D eigenvalue weighted by Crippen LogP contribution is -2.26. The molecule has 192 valence electrons. The number of likely N-dealkylation sites (tertiary alicyclic amines) is 1. The van der Waals surface area contributed by atoms with Crippen LogP contribution in [0.5, 0.6) is 5.75 Å². The molecule has 1 saturated heterocycles. The van der Waals surface area contributed by atoms with Crippen LogP contribution in [0, 0.1) is 5.82 Å². The summed E-state index contributed by atoms with van der Waals surface area (Å²) in [7, 11) is 0. The van der Waals surface area contributed by atoms with Crippen LogP contribution >= 0.6 is 11.6 Å². The number of fused-ring (bicyclic) bond motifs is 1. The minimum Gasteiger partial charge on any atom is -0.489 e. The SMILES string of the molecule is CC/C(=C(/c1ccc(O[C@H]2CCN(CCCF)C2)cc1)c1ccc2[nH]ncc2c1)c1ccc(F)cc1Cl. The van der Waals surface area contributed by atoms with Crippen LogP contribution in [-0.2, 0) is 0 Å². The van der Waals surface area contributed by atoms with Crippen molar-refractivity contribution in [2.24, 2.45) is 0 Å². The first-order valence-electron chi connectivity index (χ1n) is 12.7. The molecule has 4 aromatic rings. The van der Waals surface area contributed by atoms with Gasteiger partial charge in [0, 0.05) is 25.0 Å². The molecule has 0 radical (unpaired) electrons. The molecule has 0 saturated carbocycles. The van der Waals surface area contributed by atoms with Gasteiger partial charge in [0.2, 0.25) is 0 Å². The van der Waals surface area contributed by atoms with Gasteiger partial charge in [-0.15, -0.1) is 0 Å². The Labute approximate surface area is 220 Å². The van der Waals surface area contributed by atoms with Gasteiger partial charge in [-0.2, -0.15) is 5.10 Å². The lowest BCUT2D eigenvalue weighted by Gasteiger charge is -2.19. The van der Waals surface area contributed by atoms with Gasteiger partial charge in [-0.3, -0.25) is 14.4 Å². The zero-order valence-corrected chi connectivity index (χ0v) is 21.6. The Morgan fingerprint density at radius 2 is 1.92 bits per heavy atom.